The highest BCUT2D eigenvalue weighted by molar-refractivity contribution is 7.21. The molecule has 6 rings (SSSR count). The van der Waals surface area contributed by atoms with Gasteiger partial charge in [-0.2, -0.15) is 0 Å². The van der Waals surface area contributed by atoms with E-state index in [9.17, 15) is 4.79 Å². The monoisotopic (exact) mass is 367 g/mol. The number of nitrogens with two attached hydrogens (primary N) is 1. The van der Waals surface area contributed by atoms with E-state index >= 15 is 0 Å². The first-order valence-electron chi connectivity index (χ1n) is 9.88. The Balaban J connectivity index is 1.36. The standard InChI is InChI=1S/C21H25N3OS/c1-10-3-11(2)23-19-15(10)16(22)17(26-19)18(25)24-20-6-12-4-13-5-14(8-20)21(13,7-12)9-20/h3,12-14H,4-9,22H2,1-2H3,(H,24,25). The molecule has 0 aromatic carbocycles. The van der Waals surface area contributed by atoms with Crippen LogP contribution in [0.2, 0.25) is 0 Å². The van der Waals surface area contributed by atoms with E-state index in [0.717, 1.165) is 39.2 Å². The summed E-state index contributed by atoms with van der Waals surface area (Å²) < 4.78 is 0. The van der Waals surface area contributed by atoms with Crippen LogP contribution in [-0.2, 0) is 0 Å². The van der Waals surface area contributed by atoms with E-state index in [1.807, 2.05) is 19.9 Å². The summed E-state index contributed by atoms with van der Waals surface area (Å²) in [7, 11) is 0. The average Bonchev–Trinajstić information content (AvgIpc) is 3.05. The minimum Gasteiger partial charge on any atom is -0.397 e. The molecule has 2 aromatic rings. The molecule has 3 bridgehead atoms. The van der Waals surface area contributed by atoms with Gasteiger partial charge < -0.3 is 11.1 Å². The summed E-state index contributed by atoms with van der Waals surface area (Å²) in [6.07, 6.45) is 7.80. The lowest BCUT2D eigenvalue weighted by atomic mass is 9.56. The number of nitrogens with one attached hydrogen (secondary N) is 1. The molecule has 0 aliphatic heterocycles. The number of rotatable bonds is 2. The smallest absolute Gasteiger partial charge is 0.264 e. The minimum atomic E-state index is 0.0247. The Hall–Kier alpha value is -1.62. The van der Waals surface area contributed by atoms with Crippen molar-refractivity contribution in [1.82, 2.24) is 10.3 Å². The van der Waals surface area contributed by atoms with Crippen molar-refractivity contribution in [2.45, 2.75) is 57.9 Å². The SMILES string of the molecule is Cc1cc(C)c2c(N)c(C(=O)NC34CC5CC6CC(C3)C6(C5)C4)sc2n1. The number of carbonyl (C=O) groups excluding carboxylic acids is 1. The topological polar surface area (TPSA) is 68.0 Å². The van der Waals surface area contributed by atoms with Crippen molar-refractivity contribution in [2.75, 3.05) is 5.73 Å². The molecule has 4 fully saturated rings. The van der Waals surface area contributed by atoms with Gasteiger partial charge in [-0.3, -0.25) is 4.79 Å². The Morgan fingerprint density at radius 1 is 1.27 bits per heavy atom. The third-order valence-electron chi connectivity index (χ3n) is 8.07. The van der Waals surface area contributed by atoms with Crippen molar-refractivity contribution >= 4 is 33.1 Å². The molecule has 136 valence electrons. The van der Waals surface area contributed by atoms with E-state index in [1.165, 1.54) is 49.9 Å². The van der Waals surface area contributed by atoms with Crippen molar-refractivity contribution in [1.29, 1.82) is 0 Å². The number of amides is 1. The molecule has 1 spiro atoms. The van der Waals surface area contributed by atoms with Crippen LogP contribution in [0.25, 0.3) is 10.2 Å². The van der Waals surface area contributed by atoms with Crippen LogP contribution >= 0.6 is 11.3 Å². The Morgan fingerprint density at radius 2 is 2.12 bits per heavy atom. The van der Waals surface area contributed by atoms with E-state index in [1.54, 1.807) is 0 Å². The third-order valence-corrected chi connectivity index (χ3v) is 9.17. The van der Waals surface area contributed by atoms with Crippen LogP contribution in [0.4, 0.5) is 5.69 Å². The van der Waals surface area contributed by atoms with Gasteiger partial charge in [0.25, 0.3) is 5.91 Å². The zero-order valence-corrected chi connectivity index (χ0v) is 16.2. The molecule has 5 unspecified atom stereocenters. The average molecular weight is 368 g/mol. The maximum atomic E-state index is 13.2. The number of fused-ring (bicyclic) bond motifs is 3. The van der Waals surface area contributed by atoms with Gasteiger partial charge in [0.05, 0.1) is 5.69 Å². The maximum absolute atomic E-state index is 13.2. The molecular weight excluding hydrogens is 342 g/mol. The summed E-state index contributed by atoms with van der Waals surface area (Å²) in [4.78, 5) is 19.4. The molecule has 0 saturated heterocycles. The van der Waals surface area contributed by atoms with Crippen LogP contribution in [0.1, 0.15) is 59.5 Å². The van der Waals surface area contributed by atoms with Gasteiger partial charge in [-0.15, -0.1) is 11.3 Å². The second-order valence-electron chi connectivity index (χ2n) is 9.59. The zero-order valence-electron chi connectivity index (χ0n) is 15.4. The third kappa shape index (κ3) is 1.75. The molecule has 0 radical (unpaired) electrons. The number of nitrogens with zero attached hydrogens (tertiary/aromatic N) is 1. The molecular formula is C21H25N3OS. The van der Waals surface area contributed by atoms with Crippen LogP contribution in [0, 0.1) is 37.0 Å². The first-order valence-corrected chi connectivity index (χ1v) is 10.7. The lowest BCUT2D eigenvalue weighted by Gasteiger charge is -2.49. The maximum Gasteiger partial charge on any atom is 0.264 e. The van der Waals surface area contributed by atoms with E-state index in [2.05, 4.69) is 10.3 Å². The van der Waals surface area contributed by atoms with Crippen LogP contribution in [0.5, 0.6) is 0 Å². The highest BCUT2D eigenvalue weighted by Crippen LogP contribution is 2.76. The molecule has 4 saturated carbocycles. The number of hydrogen-bond acceptors (Lipinski definition) is 4. The molecule has 1 amide bonds. The quantitative estimate of drug-likeness (QED) is 0.836. The molecule has 5 heteroatoms. The number of aryl methyl sites for hydroxylation is 2. The van der Waals surface area contributed by atoms with Crippen molar-refractivity contribution in [3.63, 3.8) is 0 Å². The van der Waals surface area contributed by atoms with E-state index in [4.69, 9.17) is 5.73 Å². The largest absolute Gasteiger partial charge is 0.397 e. The molecule has 4 aliphatic rings. The highest BCUT2D eigenvalue weighted by atomic mass is 32.1. The predicted octanol–water partition coefficient (Wildman–Crippen LogP) is 4.19. The molecule has 4 aliphatic carbocycles. The minimum absolute atomic E-state index is 0.0247. The van der Waals surface area contributed by atoms with Crippen LogP contribution in [-0.4, -0.2) is 16.4 Å². The Bertz CT molecular complexity index is 977. The number of aromatic nitrogens is 1. The second-order valence-corrected chi connectivity index (χ2v) is 10.6. The fourth-order valence-corrected chi connectivity index (χ4v) is 8.55. The normalized spacial score (nSPS) is 39.2. The van der Waals surface area contributed by atoms with Gasteiger partial charge in [0, 0.05) is 16.6 Å². The Labute approximate surface area is 157 Å². The van der Waals surface area contributed by atoms with Crippen molar-refractivity contribution < 1.29 is 4.79 Å². The first-order chi connectivity index (χ1) is 12.4. The summed E-state index contributed by atoms with van der Waals surface area (Å²) in [6.45, 7) is 4.04. The molecule has 2 aromatic heterocycles. The fourth-order valence-electron chi connectivity index (χ4n) is 7.44. The number of thiophene rings is 1. The van der Waals surface area contributed by atoms with E-state index < -0.39 is 0 Å². The number of hydrogen-bond donors (Lipinski definition) is 2. The number of nitrogen functional groups attached to an aromatic ring is 1. The number of carbonyl (C=O) groups is 1. The van der Waals surface area contributed by atoms with Gasteiger partial charge in [-0.1, -0.05) is 0 Å². The summed E-state index contributed by atoms with van der Waals surface area (Å²) >= 11 is 1.45. The lowest BCUT2D eigenvalue weighted by molar-refractivity contribution is -0.000685. The molecule has 5 atom stereocenters. The Morgan fingerprint density at radius 3 is 2.96 bits per heavy atom. The van der Waals surface area contributed by atoms with Gasteiger partial charge in [0.2, 0.25) is 0 Å². The molecule has 2 heterocycles. The van der Waals surface area contributed by atoms with Crippen molar-refractivity contribution in [2.24, 2.45) is 23.2 Å². The van der Waals surface area contributed by atoms with Gasteiger partial charge in [-0.05, 0) is 87.2 Å². The molecule has 3 N–H and O–H groups in total. The van der Waals surface area contributed by atoms with Crippen molar-refractivity contribution in [3.05, 3.63) is 22.2 Å². The lowest BCUT2D eigenvalue weighted by Crippen LogP contribution is -2.49. The zero-order chi connectivity index (χ0) is 17.8. The van der Waals surface area contributed by atoms with Crippen LogP contribution in [0.15, 0.2) is 6.07 Å². The number of anilines is 1. The highest BCUT2D eigenvalue weighted by Gasteiger charge is 2.71. The summed E-state index contributed by atoms with van der Waals surface area (Å²) in [5.74, 6) is 2.65. The first kappa shape index (κ1) is 15.4. The summed E-state index contributed by atoms with van der Waals surface area (Å²) in [5, 5.41) is 4.45. The molecule has 26 heavy (non-hydrogen) atoms. The second kappa shape index (κ2) is 4.61. The predicted molar refractivity (Wildman–Crippen MR) is 104 cm³/mol. The van der Waals surface area contributed by atoms with Crippen molar-refractivity contribution in [3.8, 4) is 0 Å². The summed E-state index contributed by atoms with van der Waals surface area (Å²) in [5.41, 5.74) is 9.70. The van der Waals surface area contributed by atoms with Crippen LogP contribution < -0.4 is 11.1 Å². The van der Waals surface area contributed by atoms with E-state index in [0.29, 0.717) is 16.0 Å². The fraction of sp³-hybridized carbons (Fsp3) is 0.619. The summed E-state index contributed by atoms with van der Waals surface area (Å²) in [6, 6.07) is 2.04. The number of pyridine rings is 1. The van der Waals surface area contributed by atoms with Crippen LogP contribution in [0.3, 0.4) is 0 Å². The van der Waals surface area contributed by atoms with Gasteiger partial charge >= 0.3 is 0 Å². The van der Waals surface area contributed by atoms with Gasteiger partial charge in [-0.25, -0.2) is 4.98 Å². The Kier molecular flexibility index (Phi) is 2.74. The van der Waals surface area contributed by atoms with Gasteiger partial charge in [0.15, 0.2) is 0 Å². The van der Waals surface area contributed by atoms with E-state index in [-0.39, 0.29) is 11.4 Å². The molecule has 4 nitrogen and oxygen atoms in total. The van der Waals surface area contributed by atoms with Gasteiger partial charge in [0.1, 0.15) is 9.71 Å².